The van der Waals surface area contributed by atoms with Gasteiger partial charge >= 0.3 is 0 Å². The molecule has 120 valence electrons. The molecule has 1 heterocycles. The van der Waals surface area contributed by atoms with Crippen LogP contribution in [0.25, 0.3) is 11.3 Å². The van der Waals surface area contributed by atoms with Crippen LogP contribution in [0.5, 0.6) is 5.75 Å². The first-order chi connectivity index (χ1) is 11.6. The maximum Gasteiger partial charge on any atom is 0.275 e. The first-order valence-electron chi connectivity index (χ1n) is 7.10. The SMILES string of the molecule is O=C(NN=Cc1ccc(-c2ccc(Br)cc2)o1)c1ccccc1O. The van der Waals surface area contributed by atoms with E-state index in [1.807, 2.05) is 30.3 Å². The van der Waals surface area contributed by atoms with Crippen molar-refractivity contribution in [1.82, 2.24) is 5.43 Å². The van der Waals surface area contributed by atoms with Crippen LogP contribution in [-0.2, 0) is 0 Å². The zero-order chi connectivity index (χ0) is 16.9. The molecular formula is C18H13BrN2O3. The number of phenols is 1. The predicted molar refractivity (Wildman–Crippen MR) is 95.0 cm³/mol. The summed E-state index contributed by atoms with van der Waals surface area (Å²) in [6.07, 6.45) is 1.40. The number of phenolic OH excluding ortho intramolecular Hbond substituents is 1. The summed E-state index contributed by atoms with van der Waals surface area (Å²) in [5.41, 5.74) is 3.45. The highest BCUT2D eigenvalue weighted by Crippen LogP contribution is 2.23. The lowest BCUT2D eigenvalue weighted by Gasteiger charge is -2.01. The van der Waals surface area contributed by atoms with Crippen LogP contribution < -0.4 is 5.43 Å². The van der Waals surface area contributed by atoms with Crippen LogP contribution >= 0.6 is 15.9 Å². The van der Waals surface area contributed by atoms with Gasteiger partial charge in [0.05, 0.1) is 11.8 Å². The van der Waals surface area contributed by atoms with E-state index in [4.69, 9.17) is 4.42 Å². The van der Waals surface area contributed by atoms with Crippen LogP contribution in [0, 0.1) is 0 Å². The normalized spacial score (nSPS) is 10.9. The number of furan rings is 1. The van der Waals surface area contributed by atoms with Gasteiger partial charge in [-0.15, -0.1) is 0 Å². The Balaban J connectivity index is 1.66. The smallest absolute Gasteiger partial charge is 0.275 e. The lowest BCUT2D eigenvalue weighted by Crippen LogP contribution is -2.17. The number of benzene rings is 2. The third-order valence-corrected chi connectivity index (χ3v) is 3.79. The van der Waals surface area contributed by atoms with Gasteiger partial charge in [0.25, 0.3) is 5.91 Å². The van der Waals surface area contributed by atoms with E-state index >= 15 is 0 Å². The highest BCUT2D eigenvalue weighted by molar-refractivity contribution is 9.10. The van der Waals surface area contributed by atoms with Gasteiger partial charge in [-0.05, 0) is 36.4 Å². The van der Waals surface area contributed by atoms with E-state index < -0.39 is 5.91 Å². The van der Waals surface area contributed by atoms with Crippen molar-refractivity contribution in [3.8, 4) is 17.1 Å². The molecule has 0 saturated heterocycles. The van der Waals surface area contributed by atoms with Crippen LogP contribution in [0.4, 0.5) is 0 Å². The van der Waals surface area contributed by atoms with Crippen LogP contribution in [0.1, 0.15) is 16.1 Å². The fraction of sp³-hybridized carbons (Fsp3) is 0. The summed E-state index contributed by atoms with van der Waals surface area (Å²) in [6.45, 7) is 0. The van der Waals surface area contributed by atoms with Gasteiger partial charge in [0.15, 0.2) is 0 Å². The number of nitrogens with one attached hydrogen (secondary N) is 1. The zero-order valence-corrected chi connectivity index (χ0v) is 14.0. The summed E-state index contributed by atoms with van der Waals surface area (Å²) < 4.78 is 6.65. The van der Waals surface area contributed by atoms with E-state index in [0.717, 1.165) is 10.0 Å². The van der Waals surface area contributed by atoms with Crippen molar-refractivity contribution in [3.05, 3.63) is 76.5 Å². The Morgan fingerprint density at radius 2 is 1.83 bits per heavy atom. The monoisotopic (exact) mass is 384 g/mol. The fourth-order valence-corrected chi connectivity index (χ4v) is 2.34. The van der Waals surface area contributed by atoms with Crippen molar-refractivity contribution in [2.75, 3.05) is 0 Å². The van der Waals surface area contributed by atoms with E-state index in [0.29, 0.717) is 11.5 Å². The molecule has 3 rings (SSSR count). The molecule has 0 radical (unpaired) electrons. The average Bonchev–Trinajstić information content (AvgIpc) is 3.04. The molecule has 0 fully saturated rings. The molecule has 0 bridgehead atoms. The number of hydrazone groups is 1. The molecule has 0 unspecified atom stereocenters. The van der Waals surface area contributed by atoms with E-state index in [1.54, 1.807) is 18.2 Å². The maximum atomic E-state index is 11.9. The van der Waals surface area contributed by atoms with Crippen molar-refractivity contribution < 1.29 is 14.3 Å². The Bertz CT molecular complexity index is 885. The second-order valence-electron chi connectivity index (χ2n) is 4.93. The van der Waals surface area contributed by atoms with Gasteiger partial charge < -0.3 is 9.52 Å². The molecule has 2 aromatic carbocycles. The van der Waals surface area contributed by atoms with Crippen LogP contribution in [0.3, 0.4) is 0 Å². The van der Waals surface area contributed by atoms with Gasteiger partial charge in [-0.1, -0.05) is 40.2 Å². The number of hydrogen-bond donors (Lipinski definition) is 2. The molecular weight excluding hydrogens is 372 g/mol. The lowest BCUT2D eigenvalue weighted by atomic mass is 10.2. The Hall–Kier alpha value is -2.86. The maximum absolute atomic E-state index is 11.9. The summed E-state index contributed by atoms with van der Waals surface area (Å²) in [5.74, 6) is 0.617. The number of nitrogens with zero attached hydrogens (tertiary/aromatic N) is 1. The van der Waals surface area contributed by atoms with Gasteiger partial charge in [-0.2, -0.15) is 5.10 Å². The van der Waals surface area contributed by atoms with Crippen LogP contribution in [0.15, 0.2) is 74.7 Å². The second-order valence-corrected chi connectivity index (χ2v) is 5.84. The van der Waals surface area contributed by atoms with Crippen molar-refractivity contribution in [2.24, 2.45) is 5.10 Å². The number of carbonyl (C=O) groups is 1. The molecule has 0 atom stereocenters. The quantitative estimate of drug-likeness (QED) is 0.523. The van der Waals surface area contributed by atoms with E-state index in [-0.39, 0.29) is 11.3 Å². The summed E-state index contributed by atoms with van der Waals surface area (Å²) in [6, 6.07) is 17.6. The number of hydrogen-bond acceptors (Lipinski definition) is 4. The average molecular weight is 385 g/mol. The molecule has 5 nitrogen and oxygen atoms in total. The van der Waals surface area contributed by atoms with Gasteiger partial charge in [0, 0.05) is 10.0 Å². The fourth-order valence-electron chi connectivity index (χ4n) is 2.07. The van der Waals surface area contributed by atoms with E-state index in [1.165, 1.54) is 18.3 Å². The second kappa shape index (κ2) is 7.14. The number of amides is 1. The van der Waals surface area contributed by atoms with Crippen molar-refractivity contribution in [2.45, 2.75) is 0 Å². The minimum atomic E-state index is -0.496. The summed E-state index contributed by atoms with van der Waals surface area (Å²) in [7, 11) is 0. The van der Waals surface area contributed by atoms with E-state index in [2.05, 4.69) is 26.5 Å². The highest BCUT2D eigenvalue weighted by atomic mass is 79.9. The summed E-state index contributed by atoms with van der Waals surface area (Å²) in [4.78, 5) is 11.9. The van der Waals surface area contributed by atoms with Gasteiger partial charge in [0.1, 0.15) is 17.3 Å². The van der Waals surface area contributed by atoms with Gasteiger partial charge in [-0.25, -0.2) is 5.43 Å². The molecule has 1 amide bonds. The standard InChI is InChI=1S/C18H13BrN2O3/c19-13-7-5-12(6-8-13)17-10-9-14(24-17)11-20-21-18(23)15-3-1-2-4-16(15)22/h1-11,22H,(H,21,23). The molecule has 3 aromatic rings. The zero-order valence-electron chi connectivity index (χ0n) is 12.4. The number of carbonyl (C=O) groups excluding carboxylic acids is 1. The Labute approximate surface area is 146 Å². The van der Waals surface area contributed by atoms with Crippen molar-refractivity contribution in [1.29, 1.82) is 0 Å². The largest absolute Gasteiger partial charge is 0.507 e. The van der Waals surface area contributed by atoms with Crippen LogP contribution in [-0.4, -0.2) is 17.2 Å². The third-order valence-electron chi connectivity index (χ3n) is 3.26. The Morgan fingerprint density at radius 1 is 1.08 bits per heavy atom. The highest BCUT2D eigenvalue weighted by Gasteiger charge is 2.09. The lowest BCUT2D eigenvalue weighted by molar-refractivity contribution is 0.0952. The molecule has 1 aromatic heterocycles. The molecule has 0 aliphatic rings. The minimum Gasteiger partial charge on any atom is -0.507 e. The molecule has 0 saturated carbocycles. The number of aromatic hydroxyl groups is 1. The number of rotatable bonds is 4. The molecule has 0 spiro atoms. The molecule has 2 N–H and O–H groups in total. The first-order valence-corrected chi connectivity index (χ1v) is 7.90. The summed E-state index contributed by atoms with van der Waals surface area (Å²) >= 11 is 3.39. The van der Waals surface area contributed by atoms with Gasteiger partial charge in [0.2, 0.25) is 0 Å². The molecule has 6 heteroatoms. The minimum absolute atomic E-state index is 0.0966. The Morgan fingerprint density at radius 3 is 2.58 bits per heavy atom. The molecule has 24 heavy (non-hydrogen) atoms. The predicted octanol–water partition coefficient (Wildman–Crippen LogP) is 4.18. The topological polar surface area (TPSA) is 74.8 Å². The first kappa shape index (κ1) is 16.0. The van der Waals surface area contributed by atoms with Gasteiger partial charge in [-0.3, -0.25) is 4.79 Å². The van der Waals surface area contributed by atoms with Crippen molar-refractivity contribution in [3.63, 3.8) is 0 Å². The van der Waals surface area contributed by atoms with Crippen LogP contribution in [0.2, 0.25) is 0 Å². The van der Waals surface area contributed by atoms with Crippen molar-refractivity contribution >= 4 is 28.1 Å². The number of halogens is 1. The number of para-hydroxylation sites is 1. The third kappa shape index (κ3) is 3.72. The van der Waals surface area contributed by atoms with E-state index in [9.17, 15) is 9.90 Å². The molecule has 0 aliphatic carbocycles. The molecule has 0 aliphatic heterocycles. The Kier molecular flexibility index (Phi) is 4.77. The summed E-state index contributed by atoms with van der Waals surface area (Å²) in [5, 5.41) is 13.5.